The van der Waals surface area contributed by atoms with Gasteiger partial charge in [0.1, 0.15) is 18.0 Å². The summed E-state index contributed by atoms with van der Waals surface area (Å²) in [7, 11) is 1.29. The largest absolute Gasteiger partial charge is 0.514 e. The van der Waals surface area contributed by atoms with E-state index in [1.54, 1.807) is 31.2 Å². The third-order valence-electron chi connectivity index (χ3n) is 14.0. The number of aliphatic hydroxyl groups is 1. The number of ether oxygens (including phenoxy) is 6. The van der Waals surface area contributed by atoms with Crippen LogP contribution in [-0.2, 0) is 38.1 Å². The summed E-state index contributed by atoms with van der Waals surface area (Å²) in [4.78, 5) is 52.6. The van der Waals surface area contributed by atoms with Crippen LogP contribution < -0.4 is 4.74 Å². The van der Waals surface area contributed by atoms with Gasteiger partial charge in [-0.05, 0) is 103 Å². The highest BCUT2D eigenvalue weighted by Crippen LogP contribution is 2.75. The molecule has 51 heavy (non-hydrogen) atoms. The number of halogens is 1. The van der Waals surface area contributed by atoms with E-state index in [2.05, 4.69) is 29.8 Å². The number of carbonyl (C=O) groups excluding carboxylic acids is 4. The summed E-state index contributed by atoms with van der Waals surface area (Å²) in [6.45, 7) is 13.4. The van der Waals surface area contributed by atoms with Crippen molar-refractivity contribution >= 4 is 40.0 Å². The lowest BCUT2D eigenvalue weighted by atomic mass is 9.33. The van der Waals surface area contributed by atoms with Crippen molar-refractivity contribution in [3.63, 3.8) is 0 Å². The molecule has 4 unspecified atom stereocenters. The van der Waals surface area contributed by atoms with Gasteiger partial charge >= 0.3 is 24.1 Å². The first kappa shape index (κ1) is 37.8. The lowest BCUT2D eigenvalue weighted by molar-refractivity contribution is -0.322. The molecule has 4 fully saturated rings. The molecule has 280 valence electrons. The van der Waals surface area contributed by atoms with E-state index in [-0.39, 0.29) is 23.3 Å². The van der Waals surface area contributed by atoms with Gasteiger partial charge in [0.25, 0.3) is 0 Å². The number of rotatable bonds is 6. The topological polar surface area (TPSA) is 144 Å². The van der Waals surface area contributed by atoms with Gasteiger partial charge in [-0.25, -0.2) is 9.59 Å². The normalized spacial score (nSPS) is 41.6. The third kappa shape index (κ3) is 5.56. The summed E-state index contributed by atoms with van der Waals surface area (Å²) >= 11 is 3.42. The first-order valence-corrected chi connectivity index (χ1v) is 18.8. The Kier molecular flexibility index (Phi) is 9.75. The van der Waals surface area contributed by atoms with Crippen LogP contribution in [0.2, 0.25) is 0 Å². The zero-order valence-corrected chi connectivity index (χ0v) is 32.4. The molecular formula is C39H51BrO11. The maximum absolute atomic E-state index is 13.5. The fraction of sp³-hybridized carbons (Fsp3) is 0.692. The van der Waals surface area contributed by atoms with Gasteiger partial charge in [-0.2, -0.15) is 0 Å². The summed E-state index contributed by atoms with van der Waals surface area (Å²) < 4.78 is 36.2. The number of para-hydroxylation sites is 1. The molecule has 12 atom stereocenters. The molecule has 1 aromatic rings. The second kappa shape index (κ2) is 13.2. The monoisotopic (exact) mass is 774 g/mol. The maximum atomic E-state index is 13.5. The molecule has 1 heterocycles. The average molecular weight is 776 g/mol. The van der Waals surface area contributed by atoms with E-state index < -0.39 is 75.6 Å². The van der Waals surface area contributed by atoms with Gasteiger partial charge in [-0.15, -0.1) is 0 Å². The van der Waals surface area contributed by atoms with E-state index in [9.17, 15) is 24.3 Å². The van der Waals surface area contributed by atoms with Gasteiger partial charge in [0.05, 0.1) is 35.8 Å². The summed E-state index contributed by atoms with van der Waals surface area (Å²) in [6.07, 6.45) is 1.11. The van der Waals surface area contributed by atoms with Crippen molar-refractivity contribution < 1.29 is 52.7 Å². The van der Waals surface area contributed by atoms with Crippen molar-refractivity contribution in [2.75, 3.05) is 20.3 Å². The zero-order chi connectivity index (χ0) is 37.3. The van der Waals surface area contributed by atoms with Gasteiger partial charge in [0, 0.05) is 30.3 Å². The predicted octanol–water partition coefficient (Wildman–Crippen LogP) is 6.57. The summed E-state index contributed by atoms with van der Waals surface area (Å²) in [5.41, 5.74) is -4.59. The molecule has 1 N–H and O–H groups in total. The number of fused-ring (bicyclic) bond motifs is 7. The van der Waals surface area contributed by atoms with Crippen LogP contribution in [-0.4, -0.2) is 73.4 Å². The quantitative estimate of drug-likeness (QED) is 0.190. The molecule has 1 aromatic carbocycles. The number of methoxy groups -OCH3 is 1. The summed E-state index contributed by atoms with van der Waals surface area (Å²) in [6, 6.07) is 7.07. The van der Waals surface area contributed by atoms with Gasteiger partial charge in [-0.1, -0.05) is 39.0 Å². The highest BCUT2D eigenvalue weighted by molar-refractivity contribution is 9.10. The van der Waals surface area contributed by atoms with Crippen LogP contribution in [0.1, 0.15) is 80.6 Å². The minimum atomic E-state index is -1.52. The Labute approximate surface area is 308 Å². The van der Waals surface area contributed by atoms with Crippen molar-refractivity contribution in [3.8, 4) is 5.75 Å². The van der Waals surface area contributed by atoms with Crippen LogP contribution in [0.5, 0.6) is 5.75 Å². The van der Waals surface area contributed by atoms with Crippen LogP contribution in [0, 0.1) is 45.3 Å². The molecule has 4 aliphatic carbocycles. The lowest BCUT2D eigenvalue weighted by Gasteiger charge is -2.73. The van der Waals surface area contributed by atoms with Crippen LogP contribution in [0.15, 0.2) is 40.4 Å². The minimum Gasteiger partial charge on any atom is -0.466 e. The standard InChI is InChI=1S/C39H51BrO11/c1-21-17-25(33(43)46-8)37(7)32(50-24(4)42)31(49-23(3)41)36(6)28-14-16-38(22(2)48-34(44)51-27-12-10-9-11-26(27)40)20-47-19-30(38)35(28,5)15-13-29(36)39(37,45)18-21/h9-12,17,21-22,28-32,45H,13-16,18-20H2,1-8H3/t21?,22?,28?,29?,30-,31+,32-,35+,36+,37+,38-,39+/m0/s1. The summed E-state index contributed by atoms with van der Waals surface area (Å²) in [5.74, 6) is -2.25. The van der Waals surface area contributed by atoms with E-state index >= 15 is 0 Å². The van der Waals surface area contributed by atoms with E-state index in [0.717, 1.165) is 0 Å². The summed E-state index contributed by atoms with van der Waals surface area (Å²) in [5, 5.41) is 13.3. The number of allylic oxidation sites excluding steroid dienone is 1. The predicted molar refractivity (Wildman–Crippen MR) is 187 cm³/mol. The number of esters is 3. The minimum absolute atomic E-state index is 0.0586. The fourth-order valence-electron chi connectivity index (χ4n) is 11.8. The van der Waals surface area contributed by atoms with Gasteiger partial charge in [-0.3, -0.25) is 9.59 Å². The van der Waals surface area contributed by atoms with E-state index in [1.807, 2.05) is 19.9 Å². The number of benzene rings is 1. The van der Waals surface area contributed by atoms with Gasteiger partial charge in [0.2, 0.25) is 0 Å². The number of carbonyl (C=O) groups is 4. The van der Waals surface area contributed by atoms with Crippen molar-refractivity contribution in [1.82, 2.24) is 0 Å². The van der Waals surface area contributed by atoms with E-state index in [4.69, 9.17) is 28.4 Å². The van der Waals surface area contributed by atoms with Crippen LogP contribution in [0.3, 0.4) is 0 Å². The first-order chi connectivity index (χ1) is 23.9. The molecule has 0 aromatic heterocycles. The zero-order valence-electron chi connectivity index (χ0n) is 30.8. The molecule has 1 saturated heterocycles. The molecule has 11 nitrogen and oxygen atoms in total. The van der Waals surface area contributed by atoms with Crippen LogP contribution >= 0.6 is 15.9 Å². The SMILES string of the molecule is COC(=O)C1=CC(C)C[C@@]2(O)C3CC[C@]4(C)C(CC[C@@]5(C(C)OC(=O)Oc6ccccc6Br)COC[C@H]54)[C@@]3(C)[C@H](OC(C)=O)[C@H](OC(C)=O)[C@@]12C. The highest BCUT2D eigenvalue weighted by atomic mass is 79.9. The molecule has 5 aliphatic rings. The molecule has 0 spiro atoms. The van der Waals surface area contributed by atoms with E-state index in [0.29, 0.717) is 55.5 Å². The lowest BCUT2D eigenvalue weighted by Crippen LogP contribution is -2.78. The molecule has 3 saturated carbocycles. The van der Waals surface area contributed by atoms with Crippen LogP contribution in [0.25, 0.3) is 0 Å². The Balaban J connectivity index is 1.42. The third-order valence-corrected chi connectivity index (χ3v) is 14.6. The highest BCUT2D eigenvalue weighted by Gasteiger charge is 2.79. The van der Waals surface area contributed by atoms with Crippen molar-refractivity contribution in [2.45, 2.75) is 104 Å². The van der Waals surface area contributed by atoms with Gasteiger partial charge < -0.3 is 33.5 Å². The van der Waals surface area contributed by atoms with Crippen LogP contribution in [0.4, 0.5) is 4.79 Å². The molecule has 0 radical (unpaired) electrons. The van der Waals surface area contributed by atoms with Crippen molar-refractivity contribution in [1.29, 1.82) is 0 Å². The molecule has 1 aliphatic heterocycles. The molecule has 0 bridgehead atoms. The number of hydrogen-bond acceptors (Lipinski definition) is 11. The van der Waals surface area contributed by atoms with E-state index in [1.165, 1.54) is 21.0 Å². The average Bonchev–Trinajstić information content (AvgIpc) is 3.51. The molecule has 6 rings (SSSR count). The fourth-order valence-corrected chi connectivity index (χ4v) is 12.2. The second-order valence-electron chi connectivity index (χ2n) is 16.3. The first-order valence-electron chi connectivity index (χ1n) is 18.0. The van der Waals surface area contributed by atoms with Crippen molar-refractivity contribution in [3.05, 3.63) is 40.4 Å². The smallest absolute Gasteiger partial charge is 0.466 e. The Morgan fingerprint density at radius 3 is 2.25 bits per heavy atom. The van der Waals surface area contributed by atoms with Crippen molar-refractivity contribution in [2.24, 2.45) is 45.3 Å². The molecular weight excluding hydrogens is 724 g/mol. The number of hydrogen-bond donors (Lipinski definition) is 1. The Bertz CT molecular complexity index is 1630. The maximum Gasteiger partial charge on any atom is 0.514 e. The Morgan fingerprint density at radius 1 is 0.961 bits per heavy atom. The Morgan fingerprint density at radius 2 is 1.61 bits per heavy atom. The molecule has 0 amide bonds. The second-order valence-corrected chi connectivity index (χ2v) is 17.2. The Hall–Kier alpha value is -2.96. The van der Waals surface area contributed by atoms with Gasteiger partial charge in [0.15, 0.2) is 6.10 Å². The molecule has 12 heteroatoms.